The Bertz CT molecular complexity index is 339. The Morgan fingerprint density at radius 3 is 1.38 bits per heavy atom. The molecule has 0 atom stereocenters. The quantitative estimate of drug-likeness (QED) is 0.380. The number of H-pyrrole nitrogens is 3. The third-order valence-electron chi connectivity index (χ3n) is 1.10. The molecular formula is C6H10N10. The fourth-order valence-corrected chi connectivity index (χ4v) is 0.544. The van der Waals surface area contributed by atoms with Crippen LogP contribution in [0.5, 0.6) is 0 Å². The van der Waals surface area contributed by atoms with Gasteiger partial charge < -0.3 is 5.73 Å². The summed E-state index contributed by atoms with van der Waals surface area (Å²) in [6.07, 6.45) is 7.78. The molecule has 0 fully saturated rings. The fraction of sp³-hybridized carbons (Fsp3) is 0. The molecule has 5 N–H and O–H groups in total. The lowest BCUT2D eigenvalue weighted by atomic mass is 10.8. The lowest BCUT2D eigenvalue weighted by Crippen LogP contribution is -1.81. The molecule has 10 heteroatoms. The maximum absolute atomic E-state index is 5.07. The summed E-state index contributed by atoms with van der Waals surface area (Å²) >= 11 is 0. The molecule has 0 radical (unpaired) electrons. The van der Waals surface area contributed by atoms with E-state index in [1.165, 1.54) is 6.20 Å². The van der Waals surface area contributed by atoms with E-state index in [0.717, 1.165) is 0 Å². The van der Waals surface area contributed by atoms with Gasteiger partial charge in [0.1, 0.15) is 0 Å². The normalized spacial score (nSPS) is 8.25. The molecule has 0 saturated heterocycles. The highest BCUT2D eigenvalue weighted by atomic mass is 15.3. The Kier molecular flexibility index (Phi) is 5.37. The van der Waals surface area contributed by atoms with Crippen LogP contribution in [0.25, 0.3) is 0 Å². The van der Waals surface area contributed by atoms with Crippen LogP contribution in [0.3, 0.4) is 0 Å². The lowest BCUT2D eigenvalue weighted by Gasteiger charge is -1.65. The van der Waals surface area contributed by atoms with Crippen molar-refractivity contribution in [3.63, 3.8) is 0 Å². The second kappa shape index (κ2) is 7.61. The van der Waals surface area contributed by atoms with Gasteiger partial charge in [0.2, 0.25) is 0 Å². The maximum Gasteiger partial charge on any atom is 0.165 e. The summed E-state index contributed by atoms with van der Waals surface area (Å²) in [5.74, 6) is 0.426. The van der Waals surface area contributed by atoms with E-state index in [1.54, 1.807) is 24.8 Å². The van der Waals surface area contributed by atoms with E-state index in [4.69, 9.17) is 5.73 Å². The molecule has 0 saturated carbocycles. The van der Waals surface area contributed by atoms with Gasteiger partial charge in [0.05, 0.1) is 31.0 Å². The summed E-state index contributed by atoms with van der Waals surface area (Å²) in [7, 11) is 0. The van der Waals surface area contributed by atoms with E-state index in [2.05, 4.69) is 46.2 Å². The van der Waals surface area contributed by atoms with Crippen LogP contribution >= 0.6 is 0 Å². The first kappa shape index (κ1) is 11.3. The number of hydrogen-bond donors (Lipinski definition) is 4. The highest BCUT2D eigenvalue weighted by molar-refractivity contribution is 5.18. The van der Waals surface area contributed by atoms with Crippen molar-refractivity contribution in [1.82, 2.24) is 46.2 Å². The van der Waals surface area contributed by atoms with Crippen LogP contribution in [-0.4, -0.2) is 46.2 Å². The number of rotatable bonds is 0. The average Bonchev–Trinajstić information content (AvgIpc) is 3.07. The second-order valence-corrected chi connectivity index (χ2v) is 2.21. The smallest absolute Gasteiger partial charge is 0.165 e. The zero-order valence-electron chi connectivity index (χ0n) is 8.15. The van der Waals surface area contributed by atoms with Crippen LogP contribution in [0, 0.1) is 0 Å². The molecule has 3 heterocycles. The van der Waals surface area contributed by atoms with Crippen molar-refractivity contribution < 1.29 is 0 Å². The largest absolute Gasteiger partial charge is 0.381 e. The van der Waals surface area contributed by atoms with Crippen molar-refractivity contribution in [2.24, 2.45) is 0 Å². The van der Waals surface area contributed by atoms with Crippen LogP contribution in [0.1, 0.15) is 0 Å². The number of aromatic amines is 3. The first-order valence-corrected chi connectivity index (χ1v) is 4.10. The zero-order valence-corrected chi connectivity index (χ0v) is 8.15. The van der Waals surface area contributed by atoms with Gasteiger partial charge in [-0.05, 0) is 0 Å². The molecule has 3 aromatic heterocycles. The molecule has 3 rings (SSSR count). The minimum absolute atomic E-state index is 0.426. The van der Waals surface area contributed by atoms with Crippen molar-refractivity contribution in [2.75, 3.05) is 5.73 Å². The molecule has 0 amide bonds. The predicted molar refractivity (Wildman–Crippen MR) is 53.6 cm³/mol. The Balaban J connectivity index is 0.000000121. The van der Waals surface area contributed by atoms with Gasteiger partial charge in [0.15, 0.2) is 5.82 Å². The first-order chi connectivity index (χ1) is 7.89. The SMILES string of the molecule is Nc1cn[nH]n1.c1cn[nH]n1.c1cn[nH]n1. The minimum atomic E-state index is 0.426. The van der Waals surface area contributed by atoms with Gasteiger partial charge in [-0.25, -0.2) is 0 Å². The first-order valence-electron chi connectivity index (χ1n) is 4.10. The van der Waals surface area contributed by atoms with E-state index < -0.39 is 0 Å². The summed E-state index contributed by atoms with van der Waals surface area (Å²) in [4.78, 5) is 0. The molecule has 0 bridgehead atoms. The molecule has 0 spiro atoms. The molecule has 10 nitrogen and oxygen atoms in total. The van der Waals surface area contributed by atoms with Crippen LogP contribution in [0.2, 0.25) is 0 Å². The van der Waals surface area contributed by atoms with Gasteiger partial charge in [-0.2, -0.15) is 41.1 Å². The monoisotopic (exact) mass is 222 g/mol. The molecule has 0 aromatic carbocycles. The fourth-order valence-electron chi connectivity index (χ4n) is 0.544. The Hall–Kier alpha value is -2.78. The number of nitrogen functional groups attached to an aromatic ring is 1. The number of nitrogens with two attached hydrogens (primary N) is 1. The van der Waals surface area contributed by atoms with Crippen LogP contribution in [0.15, 0.2) is 31.0 Å². The summed E-state index contributed by atoms with van der Waals surface area (Å²) in [5.41, 5.74) is 5.07. The van der Waals surface area contributed by atoms with Crippen LogP contribution < -0.4 is 5.73 Å². The molecule has 0 aliphatic rings. The third kappa shape index (κ3) is 5.80. The van der Waals surface area contributed by atoms with Gasteiger partial charge >= 0.3 is 0 Å². The van der Waals surface area contributed by atoms with Crippen molar-refractivity contribution in [1.29, 1.82) is 0 Å². The van der Waals surface area contributed by atoms with Gasteiger partial charge in [-0.3, -0.25) is 0 Å². The number of hydrogen-bond acceptors (Lipinski definition) is 7. The molecular weight excluding hydrogens is 212 g/mol. The van der Waals surface area contributed by atoms with E-state index in [-0.39, 0.29) is 0 Å². The minimum Gasteiger partial charge on any atom is -0.381 e. The number of nitrogens with one attached hydrogen (secondary N) is 3. The Labute approximate surface area is 89.7 Å². The Morgan fingerprint density at radius 1 is 0.750 bits per heavy atom. The van der Waals surface area contributed by atoms with Crippen molar-refractivity contribution in [3.05, 3.63) is 31.0 Å². The second-order valence-electron chi connectivity index (χ2n) is 2.21. The third-order valence-corrected chi connectivity index (χ3v) is 1.10. The van der Waals surface area contributed by atoms with Gasteiger partial charge in [-0.15, -0.1) is 5.10 Å². The van der Waals surface area contributed by atoms with Crippen LogP contribution in [-0.2, 0) is 0 Å². The zero-order chi connectivity index (χ0) is 11.5. The Morgan fingerprint density at radius 2 is 1.25 bits per heavy atom. The molecule has 3 aromatic rings. The van der Waals surface area contributed by atoms with Crippen molar-refractivity contribution >= 4 is 5.82 Å². The van der Waals surface area contributed by atoms with Crippen LogP contribution in [0.4, 0.5) is 5.82 Å². The molecule has 84 valence electrons. The molecule has 16 heavy (non-hydrogen) atoms. The number of nitrogens with zero attached hydrogens (tertiary/aromatic N) is 6. The average molecular weight is 222 g/mol. The van der Waals surface area contributed by atoms with E-state index in [1.807, 2.05) is 0 Å². The van der Waals surface area contributed by atoms with Crippen molar-refractivity contribution in [2.45, 2.75) is 0 Å². The molecule has 0 aliphatic carbocycles. The summed E-state index contributed by atoms with van der Waals surface area (Å²) in [6, 6.07) is 0. The molecule has 0 aliphatic heterocycles. The summed E-state index contributed by atoms with van der Waals surface area (Å²) in [5, 5.41) is 27.9. The topological polar surface area (TPSA) is 151 Å². The summed E-state index contributed by atoms with van der Waals surface area (Å²) in [6.45, 7) is 0. The van der Waals surface area contributed by atoms with Gasteiger partial charge in [-0.1, -0.05) is 0 Å². The van der Waals surface area contributed by atoms with E-state index >= 15 is 0 Å². The lowest BCUT2D eigenvalue weighted by molar-refractivity contribution is 0.940. The van der Waals surface area contributed by atoms with Crippen molar-refractivity contribution in [3.8, 4) is 0 Å². The summed E-state index contributed by atoms with van der Waals surface area (Å²) < 4.78 is 0. The number of aromatic nitrogens is 9. The van der Waals surface area contributed by atoms with E-state index in [0.29, 0.717) is 5.82 Å². The van der Waals surface area contributed by atoms with E-state index in [9.17, 15) is 0 Å². The van der Waals surface area contributed by atoms with Gasteiger partial charge in [0, 0.05) is 0 Å². The molecule has 0 unspecified atom stereocenters. The number of anilines is 1. The maximum atomic E-state index is 5.07. The highest BCUT2D eigenvalue weighted by Gasteiger charge is 1.76. The standard InChI is InChI=1S/C2H4N4.2C2H3N3/c3-2-1-4-6-5-2;2*1-2-4-5-3-1/h1H,(H3,3,4,5,6);2*1-2H,(H,3,4,5). The predicted octanol–water partition coefficient (Wildman–Crippen LogP) is -1.00. The van der Waals surface area contributed by atoms with Gasteiger partial charge in [0.25, 0.3) is 0 Å². The highest BCUT2D eigenvalue weighted by Crippen LogP contribution is 1.81.